The fraction of sp³-hybridized carbons (Fsp3) is 0.750. The van der Waals surface area contributed by atoms with E-state index in [1.807, 2.05) is 0 Å². The van der Waals surface area contributed by atoms with E-state index in [9.17, 15) is 14.2 Å². The summed E-state index contributed by atoms with van der Waals surface area (Å²) in [6.45, 7) is 2.53. The molecule has 0 aromatic rings. The van der Waals surface area contributed by atoms with Crippen molar-refractivity contribution in [2.45, 2.75) is 19.6 Å². The minimum atomic E-state index is -4.41. The maximum atomic E-state index is 11.3. The minimum Gasteiger partial charge on any atom is -0.346 e. The van der Waals surface area contributed by atoms with Gasteiger partial charge in [0.05, 0.1) is 13.1 Å². The Morgan fingerprint density at radius 3 is 2.18 bits per heavy atom. The number of hydrogen-bond acceptors (Lipinski definition) is 4. The van der Waals surface area contributed by atoms with E-state index in [1.165, 1.54) is 0 Å². The topological polar surface area (TPSA) is 142 Å². The third-order valence-electron chi connectivity index (χ3n) is 1.93. The zero-order chi connectivity index (χ0) is 13.6. The van der Waals surface area contributed by atoms with Gasteiger partial charge in [-0.25, -0.2) is 0 Å². The number of rotatable bonds is 6. The van der Waals surface area contributed by atoms with Crippen LogP contribution < -0.4 is 16.4 Å². The van der Waals surface area contributed by atoms with Crippen LogP contribution in [0.15, 0.2) is 0 Å². The van der Waals surface area contributed by atoms with Gasteiger partial charge >= 0.3 is 7.60 Å². The Balaban J connectivity index is 4.34. The first-order valence-corrected chi connectivity index (χ1v) is 6.68. The maximum Gasteiger partial charge on any atom is 0.347 e. The molecule has 0 heterocycles. The molecule has 0 rings (SSSR count). The highest BCUT2D eigenvalue weighted by Gasteiger charge is 2.32. The van der Waals surface area contributed by atoms with Gasteiger partial charge in [0, 0.05) is 0 Å². The van der Waals surface area contributed by atoms with Gasteiger partial charge in [-0.15, -0.1) is 0 Å². The molecule has 0 aromatic carbocycles. The van der Waals surface area contributed by atoms with Crippen LogP contribution in [0.2, 0.25) is 0 Å². The standard InChI is InChI=1S/C8H18N3O5P/c1-5(2)8(17(14,15)16)11-7(13)4-10-6(12)3-9/h5,8H,3-4,9H2,1-2H3,(H,10,12)(H,11,13)(H2,14,15,16). The van der Waals surface area contributed by atoms with Crippen molar-refractivity contribution in [2.24, 2.45) is 11.7 Å². The van der Waals surface area contributed by atoms with Crippen LogP contribution in [0.25, 0.3) is 0 Å². The van der Waals surface area contributed by atoms with Crippen LogP contribution in [0.4, 0.5) is 0 Å². The normalized spacial score (nSPS) is 13.3. The van der Waals surface area contributed by atoms with E-state index in [-0.39, 0.29) is 13.1 Å². The molecular weight excluding hydrogens is 249 g/mol. The van der Waals surface area contributed by atoms with Crippen LogP contribution in [0, 0.1) is 5.92 Å². The van der Waals surface area contributed by atoms with Crippen LogP contribution in [0.1, 0.15) is 13.8 Å². The van der Waals surface area contributed by atoms with Gasteiger partial charge in [0.25, 0.3) is 0 Å². The Labute approximate surface area is 99.1 Å². The largest absolute Gasteiger partial charge is 0.347 e. The van der Waals surface area contributed by atoms with Gasteiger partial charge in [-0.2, -0.15) is 0 Å². The Bertz CT molecular complexity index is 327. The second-order valence-corrected chi connectivity index (χ2v) is 5.56. The molecule has 0 radical (unpaired) electrons. The monoisotopic (exact) mass is 267 g/mol. The first-order chi connectivity index (χ1) is 7.68. The van der Waals surface area contributed by atoms with Gasteiger partial charge in [0.15, 0.2) is 0 Å². The highest BCUT2D eigenvalue weighted by Crippen LogP contribution is 2.43. The molecule has 0 aliphatic carbocycles. The van der Waals surface area contributed by atoms with E-state index in [1.54, 1.807) is 13.8 Å². The lowest BCUT2D eigenvalue weighted by atomic mass is 10.2. The molecule has 0 aliphatic rings. The summed E-state index contributed by atoms with van der Waals surface area (Å²) in [6, 6.07) is 0. The molecule has 6 N–H and O–H groups in total. The molecule has 0 saturated heterocycles. The quantitative estimate of drug-likeness (QED) is 0.364. The van der Waals surface area contributed by atoms with Crippen LogP contribution in [0.5, 0.6) is 0 Å². The van der Waals surface area contributed by atoms with E-state index in [0.717, 1.165) is 0 Å². The van der Waals surface area contributed by atoms with Crippen molar-refractivity contribution in [1.29, 1.82) is 0 Å². The minimum absolute atomic E-state index is 0.251. The smallest absolute Gasteiger partial charge is 0.346 e. The Morgan fingerprint density at radius 1 is 1.29 bits per heavy atom. The summed E-state index contributed by atoms with van der Waals surface area (Å²) in [7, 11) is -4.41. The van der Waals surface area contributed by atoms with Crippen molar-refractivity contribution < 1.29 is 23.9 Å². The Kier molecular flexibility index (Phi) is 6.33. The molecule has 0 fully saturated rings. The summed E-state index contributed by atoms with van der Waals surface area (Å²) in [5.74, 6) is -2.87. The van der Waals surface area contributed by atoms with Crippen LogP contribution >= 0.6 is 7.60 Å². The fourth-order valence-electron chi connectivity index (χ4n) is 1.11. The molecule has 2 amide bonds. The van der Waals surface area contributed by atoms with Crippen molar-refractivity contribution in [3.05, 3.63) is 0 Å². The number of hydrogen-bond donors (Lipinski definition) is 5. The van der Waals surface area contributed by atoms with E-state index in [2.05, 4.69) is 10.6 Å². The van der Waals surface area contributed by atoms with Crippen LogP contribution in [0.3, 0.4) is 0 Å². The molecule has 9 heteroatoms. The Hall–Kier alpha value is -0.950. The number of carbonyl (C=O) groups is 2. The summed E-state index contributed by atoms with van der Waals surface area (Å²) in [4.78, 5) is 40.1. The van der Waals surface area contributed by atoms with E-state index >= 15 is 0 Å². The molecule has 0 saturated carbocycles. The average molecular weight is 267 g/mol. The van der Waals surface area contributed by atoms with Gasteiger partial charge in [0.1, 0.15) is 5.78 Å². The molecule has 17 heavy (non-hydrogen) atoms. The molecule has 0 aliphatic heterocycles. The summed E-state index contributed by atoms with van der Waals surface area (Å²) in [5, 5.41) is 4.38. The average Bonchev–Trinajstić information content (AvgIpc) is 2.20. The number of nitrogens with one attached hydrogen (secondary N) is 2. The summed E-state index contributed by atoms with van der Waals surface area (Å²) in [5.41, 5.74) is 5.01. The fourth-order valence-corrected chi connectivity index (χ4v) is 2.20. The number of carbonyl (C=O) groups excluding carboxylic acids is 2. The zero-order valence-corrected chi connectivity index (χ0v) is 10.6. The second-order valence-electron chi connectivity index (χ2n) is 3.83. The molecule has 0 spiro atoms. The van der Waals surface area contributed by atoms with Crippen molar-refractivity contribution in [2.75, 3.05) is 13.1 Å². The Morgan fingerprint density at radius 2 is 1.82 bits per heavy atom. The maximum absolute atomic E-state index is 11.3. The molecule has 8 nitrogen and oxygen atoms in total. The zero-order valence-electron chi connectivity index (χ0n) is 9.71. The molecule has 100 valence electrons. The van der Waals surface area contributed by atoms with Crippen molar-refractivity contribution >= 4 is 19.4 Å². The number of amides is 2. The predicted octanol–water partition coefficient (Wildman–Crippen LogP) is -1.66. The molecule has 0 bridgehead atoms. The lowest BCUT2D eigenvalue weighted by molar-refractivity contribution is -0.125. The van der Waals surface area contributed by atoms with Gasteiger partial charge in [0.2, 0.25) is 11.8 Å². The van der Waals surface area contributed by atoms with Crippen LogP contribution in [-0.4, -0.2) is 40.5 Å². The van der Waals surface area contributed by atoms with E-state index in [0.29, 0.717) is 0 Å². The van der Waals surface area contributed by atoms with Gasteiger partial charge in [-0.05, 0) is 5.92 Å². The first kappa shape index (κ1) is 16.1. The SMILES string of the molecule is CC(C)C(NC(=O)CNC(=O)CN)P(=O)(O)O. The van der Waals surface area contributed by atoms with Crippen molar-refractivity contribution in [3.8, 4) is 0 Å². The van der Waals surface area contributed by atoms with E-state index in [4.69, 9.17) is 15.5 Å². The lowest BCUT2D eigenvalue weighted by Crippen LogP contribution is -2.44. The van der Waals surface area contributed by atoms with Crippen molar-refractivity contribution in [1.82, 2.24) is 10.6 Å². The molecule has 1 unspecified atom stereocenters. The van der Waals surface area contributed by atoms with Crippen LogP contribution in [-0.2, 0) is 14.2 Å². The van der Waals surface area contributed by atoms with Gasteiger partial charge < -0.3 is 26.2 Å². The summed E-state index contributed by atoms with van der Waals surface area (Å²) in [6.07, 6.45) is 0. The third-order valence-corrected chi connectivity index (χ3v) is 3.38. The first-order valence-electron chi connectivity index (χ1n) is 4.99. The second kappa shape index (κ2) is 6.70. The highest BCUT2D eigenvalue weighted by atomic mass is 31.2. The highest BCUT2D eigenvalue weighted by molar-refractivity contribution is 7.52. The van der Waals surface area contributed by atoms with Gasteiger partial charge in [-0.1, -0.05) is 13.8 Å². The predicted molar refractivity (Wildman–Crippen MR) is 60.9 cm³/mol. The summed E-state index contributed by atoms with van der Waals surface area (Å²) < 4.78 is 11.1. The molecule has 1 atom stereocenters. The molecule has 0 aromatic heterocycles. The number of nitrogens with two attached hydrogens (primary N) is 1. The van der Waals surface area contributed by atoms with E-state index < -0.39 is 31.1 Å². The van der Waals surface area contributed by atoms with Crippen molar-refractivity contribution in [3.63, 3.8) is 0 Å². The molecular formula is C8H18N3O5P. The summed E-state index contributed by atoms with van der Waals surface area (Å²) >= 11 is 0. The third kappa shape index (κ3) is 6.38. The lowest BCUT2D eigenvalue weighted by Gasteiger charge is -2.23. The van der Waals surface area contributed by atoms with Gasteiger partial charge in [-0.3, -0.25) is 14.2 Å².